The van der Waals surface area contributed by atoms with Gasteiger partial charge < -0.3 is 20.1 Å². The first-order valence-corrected chi connectivity index (χ1v) is 3.28. The standard InChI is InChI=1S/C6H12O4/c1-3-5(8)6(9)4(7)2-10-3/h3-9H,2H2,1H3/t3-,4+,5?,6-/m1/s1. The van der Waals surface area contributed by atoms with Gasteiger partial charge in [-0.15, -0.1) is 0 Å². The van der Waals surface area contributed by atoms with E-state index in [0.29, 0.717) is 0 Å². The zero-order valence-corrected chi connectivity index (χ0v) is 5.77. The van der Waals surface area contributed by atoms with Gasteiger partial charge in [-0.1, -0.05) is 0 Å². The Morgan fingerprint density at radius 1 is 1.20 bits per heavy atom. The predicted octanol–water partition coefficient (Wildman–Crippen LogP) is -1.51. The fourth-order valence-electron chi connectivity index (χ4n) is 0.953. The summed E-state index contributed by atoms with van der Waals surface area (Å²) in [5, 5.41) is 27.0. The molecule has 1 rings (SSSR count). The average Bonchev–Trinajstić information content (AvgIpc) is 1.93. The van der Waals surface area contributed by atoms with E-state index in [1.54, 1.807) is 6.92 Å². The van der Waals surface area contributed by atoms with Gasteiger partial charge >= 0.3 is 0 Å². The highest BCUT2D eigenvalue weighted by Crippen LogP contribution is 2.14. The lowest BCUT2D eigenvalue weighted by Gasteiger charge is -2.33. The van der Waals surface area contributed by atoms with Crippen molar-refractivity contribution in [3.8, 4) is 0 Å². The van der Waals surface area contributed by atoms with Crippen molar-refractivity contribution < 1.29 is 20.1 Å². The SMILES string of the molecule is C[C@H]1OC[C@H](O)[C@@H](O)C1O. The minimum Gasteiger partial charge on any atom is -0.388 e. The van der Waals surface area contributed by atoms with Crippen molar-refractivity contribution in [1.29, 1.82) is 0 Å². The van der Waals surface area contributed by atoms with E-state index in [1.807, 2.05) is 0 Å². The fourth-order valence-corrected chi connectivity index (χ4v) is 0.953. The Morgan fingerprint density at radius 2 is 1.80 bits per heavy atom. The largest absolute Gasteiger partial charge is 0.388 e. The van der Waals surface area contributed by atoms with Crippen molar-refractivity contribution in [3.63, 3.8) is 0 Å². The Labute approximate surface area is 59.1 Å². The number of hydrogen-bond acceptors (Lipinski definition) is 4. The molecule has 0 bridgehead atoms. The molecule has 0 radical (unpaired) electrons. The Bertz CT molecular complexity index is 102. The quantitative estimate of drug-likeness (QED) is 0.390. The first-order chi connectivity index (χ1) is 4.63. The molecular formula is C6H12O4. The van der Waals surface area contributed by atoms with Crippen LogP contribution in [0.3, 0.4) is 0 Å². The smallest absolute Gasteiger partial charge is 0.110 e. The topological polar surface area (TPSA) is 69.9 Å². The van der Waals surface area contributed by atoms with Crippen LogP contribution in [-0.4, -0.2) is 46.3 Å². The number of aliphatic hydroxyl groups excluding tert-OH is 3. The molecule has 10 heavy (non-hydrogen) atoms. The Hall–Kier alpha value is -0.160. The lowest BCUT2D eigenvalue weighted by Crippen LogP contribution is -2.51. The second-order valence-electron chi connectivity index (χ2n) is 2.59. The molecule has 0 amide bonds. The molecule has 1 heterocycles. The van der Waals surface area contributed by atoms with E-state index >= 15 is 0 Å². The molecule has 0 aromatic heterocycles. The number of hydrogen-bond donors (Lipinski definition) is 3. The summed E-state index contributed by atoms with van der Waals surface area (Å²) in [7, 11) is 0. The van der Waals surface area contributed by atoms with Crippen molar-refractivity contribution in [2.45, 2.75) is 31.3 Å². The maximum absolute atomic E-state index is 9.08. The van der Waals surface area contributed by atoms with E-state index in [-0.39, 0.29) is 6.61 Å². The Balaban J connectivity index is 2.52. The minimum absolute atomic E-state index is 0.0966. The van der Waals surface area contributed by atoms with Gasteiger partial charge in [-0.25, -0.2) is 0 Å². The van der Waals surface area contributed by atoms with Crippen LogP contribution in [0, 0.1) is 0 Å². The van der Waals surface area contributed by atoms with Gasteiger partial charge in [0.2, 0.25) is 0 Å². The molecule has 1 aliphatic heterocycles. The highest BCUT2D eigenvalue weighted by molar-refractivity contribution is 4.83. The molecule has 0 spiro atoms. The molecule has 4 heteroatoms. The van der Waals surface area contributed by atoms with Gasteiger partial charge in [0.25, 0.3) is 0 Å². The summed E-state index contributed by atoms with van der Waals surface area (Å²) < 4.78 is 4.91. The number of ether oxygens (including phenoxy) is 1. The second kappa shape index (κ2) is 2.84. The van der Waals surface area contributed by atoms with Crippen LogP contribution in [-0.2, 0) is 4.74 Å². The van der Waals surface area contributed by atoms with E-state index in [9.17, 15) is 0 Å². The summed E-state index contributed by atoms with van der Waals surface area (Å²) in [4.78, 5) is 0. The van der Waals surface area contributed by atoms with Crippen LogP contribution in [0.2, 0.25) is 0 Å². The van der Waals surface area contributed by atoms with Gasteiger partial charge in [0, 0.05) is 0 Å². The first-order valence-electron chi connectivity index (χ1n) is 3.28. The van der Waals surface area contributed by atoms with Crippen LogP contribution in [0.4, 0.5) is 0 Å². The molecular weight excluding hydrogens is 136 g/mol. The van der Waals surface area contributed by atoms with Crippen molar-refractivity contribution in [2.24, 2.45) is 0 Å². The van der Waals surface area contributed by atoms with Gasteiger partial charge in [-0.05, 0) is 6.92 Å². The van der Waals surface area contributed by atoms with E-state index in [4.69, 9.17) is 20.1 Å². The third-order valence-corrected chi connectivity index (χ3v) is 1.75. The summed E-state index contributed by atoms with van der Waals surface area (Å²) >= 11 is 0. The van der Waals surface area contributed by atoms with Crippen molar-refractivity contribution >= 4 is 0 Å². The second-order valence-corrected chi connectivity index (χ2v) is 2.59. The van der Waals surface area contributed by atoms with E-state index in [0.717, 1.165) is 0 Å². The van der Waals surface area contributed by atoms with Crippen molar-refractivity contribution in [2.75, 3.05) is 6.61 Å². The summed E-state index contributed by atoms with van der Waals surface area (Å²) in [6.07, 6.45) is -3.38. The van der Waals surface area contributed by atoms with Gasteiger partial charge in [0.15, 0.2) is 0 Å². The molecule has 1 saturated heterocycles. The summed E-state index contributed by atoms with van der Waals surface area (Å²) in [6.45, 7) is 1.75. The van der Waals surface area contributed by atoms with Gasteiger partial charge in [0.05, 0.1) is 12.7 Å². The normalized spacial score (nSPS) is 49.2. The Morgan fingerprint density at radius 3 is 2.30 bits per heavy atom. The van der Waals surface area contributed by atoms with Crippen LogP contribution in [0.25, 0.3) is 0 Å². The maximum atomic E-state index is 9.08. The van der Waals surface area contributed by atoms with E-state index < -0.39 is 24.4 Å². The molecule has 1 unspecified atom stereocenters. The third-order valence-electron chi connectivity index (χ3n) is 1.75. The average molecular weight is 148 g/mol. The number of aliphatic hydroxyl groups is 3. The van der Waals surface area contributed by atoms with Gasteiger partial charge in [-0.2, -0.15) is 0 Å². The molecule has 1 aliphatic rings. The minimum atomic E-state index is -1.07. The highest BCUT2D eigenvalue weighted by Gasteiger charge is 2.34. The zero-order valence-electron chi connectivity index (χ0n) is 5.77. The predicted molar refractivity (Wildman–Crippen MR) is 33.4 cm³/mol. The molecule has 60 valence electrons. The first kappa shape index (κ1) is 7.94. The molecule has 0 aromatic carbocycles. The van der Waals surface area contributed by atoms with Crippen LogP contribution in [0.1, 0.15) is 6.92 Å². The lowest BCUT2D eigenvalue weighted by molar-refractivity contribution is -0.181. The summed E-state index contributed by atoms with van der Waals surface area (Å²) in [6, 6.07) is 0. The summed E-state index contributed by atoms with van der Waals surface area (Å²) in [5.41, 5.74) is 0. The maximum Gasteiger partial charge on any atom is 0.110 e. The van der Waals surface area contributed by atoms with E-state index in [1.165, 1.54) is 0 Å². The molecule has 4 nitrogen and oxygen atoms in total. The molecule has 3 N–H and O–H groups in total. The van der Waals surface area contributed by atoms with Crippen LogP contribution >= 0.6 is 0 Å². The zero-order chi connectivity index (χ0) is 7.72. The fraction of sp³-hybridized carbons (Fsp3) is 1.00. The molecule has 0 aromatic rings. The van der Waals surface area contributed by atoms with Crippen LogP contribution in [0.15, 0.2) is 0 Å². The Kier molecular flexibility index (Phi) is 2.25. The monoisotopic (exact) mass is 148 g/mol. The summed E-state index contributed by atoms with van der Waals surface area (Å²) in [5.74, 6) is 0. The van der Waals surface area contributed by atoms with Gasteiger partial charge in [-0.3, -0.25) is 0 Å². The molecule has 0 aliphatic carbocycles. The molecule has 0 saturated carbocycles. The van der Waals surface area contributed by atoms with Crippen LogP contribution in [0.5, 0.6) is 0 Å². The van der Waals surface area contributed by atoms with Gasteiger partial charge in [0.1, 0.15) is 18.3 Å². The third kappa shape index (κ3) is 1.29. The van der Waals surface area contributed by atoms with E-state index in [2.05, 4.69) is 0 Å². The molecule has 4 atom stereocenters. The lowest BCUT2D eigenvalue weighted by atomic mass is 10.0. The number of rotatable bonds is 0. The highest BCUT2D eigenvalue weighted by atomic mass is 16.5. The van der Waals surface area contributed by atoms with Crippen LogP contribution < -0.4 is 0 Å². The van der Waals surface area contributed by atoms with Crippen molar-refractivity contribution in [3.05, 3.63) is 0 Å². The van der Waals surface area contributed by atoms with Crippen molar-refractivity contribution in [1.82, 2.24) is 0 Å². The molecule has 1 fully saturated rings.